The van der Waals surface area contributed by atoms with Gasteiger partial charge in [-0.15, -0.1) is 12.4 Å². The van der Waals surface area contributed by atoms with Crippen LogP contribution in [0.4, 0.5) is 0 Å². The van der Waals surface area contributed by atoms with Crippen LogP contribution in [-0.2, 0) is 7.05 Å². The van der Waals surface area contributed by atoms with Crippen LogP contribution in [0.1, 0.15) is 10.6 Å². The Balaban J connectivity index is 0.00000180. The Morgan fingerprint density at radius 2 is 1.89 bits per heavy atom. The fourth-order valence-corrected chi connectivity index (χ4v) is 1.86. The summed E-state index contributed by atoms with van der Waals surface area (Å²) in [5.41, 5.74) is 11.5. The normalized spacial score (nSPS) is 10.1. The molecule has 2 aromatic rings. The lowest BCUT2D eigenvalue weighted by atomic mass is 10.3. The number of nitrogens with zero attached hydrogens (tertiary/aromatic N) is 3. The van der Waals surface area contributed by atoms with E-state index in [0.717, 1.165) is 0 Å². The number of nitrogens with two attached hydrogens (primary N) is 2. The van der Waals surface area contributed by atoms with E-state index in [4.69, 9.17) is 34.7 Å². The molecule has 0 unspecified atom stereocenters. The van der Waals surface area contributed by atoms with Crippen LogP contribution in [0.2, 0.25) is 10.0 Å². The van der Waals surface area contributed by atoms with Gasteiger partial charge in [0.2, 0.25) is 5.82 Å². The van der Waals surface area contributed by atoms with Gasteiger partial charge in [0, 0.05) is 7.05 Å². The molecule has 0 aliphatic heterocycles. The van der Waals surface area contributed by atoms with Gasteiger partial charge in [0.1, 0.15) is 0 Å². The number of fused-ring (bicyclic) bond motifs is 1. The Kier molecular flexibility index (Phi) is 4.62. The summed E-state index contributed by atoms with van der Waals surface area (Å²) in [7, 11) is 1.66. The highest BCUT2D eigenvalue weighted by atomic mass is 35.5. The first-order valence-electron chi connectivity index (χ1n) is 4.85. The van der Waals surface area contributed by atoms with Gasteiger partial charge in [0.25, 0.3) is 0 Å². The molecule has 6 nitrogen and oxygen atoms in total. The summed E-state index contributed by atoms with van der Waals surface area (Å²) in [6.45, 7) is 0. The van der Waals surface area contributed by atoms with Crippen LogP contribution in [0.15, 0.2) is 17.1 Å². The predicted molar refractivity (Wildman–Crippen MR) is 78.1 cm³/mol. The number of carbonyl (C=O) groups is 1. The minimum Gasteiger partial charge on any atom is -0.370 e. The lowest BCUT2D eigenvalue weighted by molar-refractivity contribution is 0.0990. The third-order valence-corrected chi connectivity index (χ3v) is 3.07. The second-order valence-electron chi connectivity index (χ2n) is 3.59. The van der Waals surface area contributed by atoms with E-state index < -0.39 is 5.91 Å². The Morgan fingerprint density at radius 3 is 2.47 bits per heavy atom. The number of amides is 1. The zero-order chi connectivity index (χ0) is 13.4. The van der Waals surface area contributed by atoms with Gasteiger partial charge in [0.05, 0.1) is 21.1 Å². The first kappa shape index (κ1) is 15.6. The Hall–Kier alpha value is -1.50. The number of aliphatic imine (C=N–C) groups is 1. The molecule has 1 amide bonds. The molecule has 0 aliphatic carbocycles. The maximum absolute atomic E-state index is 11.7. The Morgan fingerprint density at radius 1 is 1.32 bits per heavy atom. The minimum absolute atomic E-state index is 0. The van der Waals surface area contributed by atoms with Crippen molar-refractivity contribution in [1.82, 2.24) is 9.55 Å². The predicted octanol–water partition coefficient (Wildman–Crippen LogP) is 1.72. The summed E-state index contributed by atoms with van der Waals surface area (Å²) in [5.74, 6) is -0.833. The van der Waals surface area contributed by atoms with Crippen molar-refractivity contribution in [2.45, 2.75) is 0 Å². The monoisotopic (exact) mass is 321 g/mol. The highest BCUT2D eigenvalue weighted by molar-refractivity contribution is 6.42. The van der Waals surface area contributed by atoms with E-state index in [1.807, 2.05) is 0 Å². The molecule has 0 saturated heterocycles. The molecular weight excluding hydrogens is 313 g/mol. The number of rotatable bonds is 1. The third kappa shape index (κ3) is 2.91. The molecule has 0 aliphatic rings. The van der Waals surface area contributed by atoms with Crippen molar-refractivity contribution in [2.24, 2.45) is 23.5 Å². The largest absolute Gasteiger partial charge is 0.370 e. The van der Waals surface area contributed by atoms with Crippen molar-refractivity contribution in [2.75, 3.05) is 0 Å². The van der Waals surface area contributed by atoms with Crippen LogP contribution in [0, 0.1) is 0 Å². The summed E-state index contributed by atoms with van der Waals surface area (Å²) >= 11 is 11.8. The number of hydrogen-bond acceptors (Lipinski definition) is 2. The summed E-state index contributed by atoms with van der Waals surface area (Å²) in [6, 6.07) is 3.20. The lowest BCUT2D eigenvalue weighted by Gasteiger charge is -1.99. The van der Waals surface area contributed by atoms with Gasteiger partial charge in [-0.05, 0) is 12.1 Å². The van der Waals surface area contributed by atoms with E-state index in [-0.39, 0.29) is 24.2 Å². The number of imidazole rings is 1. The van der Waals surface area contributed by atoms with Gasteiger partial charge in [-0.25, -0.2) is 4.98 Å². The quantitative estimate of drug-likeness (QED) is 0.616. The number of aryl methyl sites for hydroxylation is 1. The molecule has 0 spiro atoms. The zero-order valence-electron chi connectivity index (χ0n) is 9.72. The second kappa shape index (κ2) is 5.64. The first-order chi connectivity index (χ1) is 8.40. The first-order valence-corrected chi connectivity index (χ1v) is 5.61. The van der Waals surface area contributed by atoms with E-state index in [2.05, 4.69) is 9.98 Å². The molecule has 1 aromatic carbocycles. The molecule has 9 heteroatoms. The maximum atomic E-state index is 11.7. The second-order valence-corrected chi connectivity index (χ2v) is 4.41. The van der Waals surface area contributed by atoms with Crippen LogP contribution in [0.25, 0.3) is 11.0 Å². The van der Waals surface area contributed by atoms with Crippen molar-refractivity contribution in [3.05, 3.63) is 28.0 Å². The molecule has 0 atom stereocenters. The minimum atomic E-state index is -0.624. The standard InChI is InChI=1S/C10H9Cl2N5O.ClH/c1-17-7-3-5(12)4(11)2-6(7)15-8(17)9(18)16-10(13)14;/h2-3H,1H3,(H4,13,14,16,18);1H. The molecule has 19 heavy (non-hydrogen) atoms. The van der Waals surface area contributed by atoms with Crippen molar-refractivity contribution in [1.29, 1.82) is 0 Å². The number of benzene rings is 1. The molecular formula is C10H10Cl3N5O. The average Bonchev–Trinajstić information content (AvgIpc) is 2.56. The van der Waals surface area contributed by atoms with Gasteiger partial charge in [-0.2, -0.15) is 4.99 Å². The topological polar surface area (TPSA) is 99.3 Å². The third-order valence-electron chi connectivity index (χ3n) is 2.34. The summed E-state index contributed by atoms with van der Waals surface area (Å²) in [5, 5.41) is 0.746. The molecule has 2 rings (SSSR count). The van der Waals surface area contributed by atoms with Crippen LogP contribution in [0.5, 0.6) is 0 Å². The summed E-state index contributed by atoms with van der Waals surface area (Å²) in [4.78, 5) is 19.3. The smallest absolute Gasteiger partial charge is 0.316 e. The fourth-order valence-electron chi connectivity index (χ4n) is 1.55. The molecule has 1 heterocycles. The molecule has 0 fully saturated rings. The summed E-state index contributed by atoms with van der Waals surface area (Å²) in [6.07, 6.45) is 0. The van der Waals surface area contributed by atoms with Gasteiger partial charge < -0.3 is 16.0 Å². The van der Waals surface area contributed by atoms with Crippen LogP contribution < -0.4 is 11.5 Å². The van der Waals surface area contributed by atoms with Crippen LogP contribution in [-0.4, -0.2) is 21.4 Å². The molecule has 0 radical (unpaired) electrons. The van der Waals surface area contributed by atoms with E-state index in [1.54, 1.807) is 23.7 Å². The Labute approximate surface area is 124 Å². The highest BCUT2D eigenvalue weighted by Gasteiger charge is 2.16. The number of guanidine groups is 1. The van der Waals surface area contributed by atoms with Gasteiger partial charge in [-0.3, -0.25) is 4.79 Å². The molecule has 1 aromatic heterocycles. The molecule has 0 saturated carbocycles. The van der Waals surface area contributed by atoms with Crippen molar-refractivity contribution < 1.29 is 4.79 Å². The highest BCUT2D eigenvalue weighted by Crippen LogP contribution is 2.27. The maximum Gasteiger partial charge on any atom is 0.316 e. The number of carbonyl (C=O) groups excluding carboxylic acids is 1. The number of halogens is 3. The summed E-state index contributed by atoms with van der Waals surface area (Å²) < 4.78 is 1.55. The SMILES string of the molecule is Cl.Cn1c(C(=O)N=C(N)N)nc2cc(Cl)c(Cl)cc21. The Bertz CT molecular complexity index is 675. The van der Waals surface area contributed by atoms with Crippen molar-refractivity contribution in [3.63, 3.8) is 0 Å². The van der Waals surface area contributed by atoms with Gasteiger partial charge >= 0.3 is 5.91 Å². The molecule has 102 valence electrons. The number of hydrogen-bond donors (Lipinski definition) is 2. The van der Waals surface area contributed by atoms with Crippen LogP contribution in [0.3, 0.4) is 0 Å². The molecule has 0 bridgehead atoms. The number of aromatic nitrogens is 2. The van der Waals surface area contributed by atoms with Crippen molar-refractivity contribution in [3.8, 4) is 0 Å². The van der Waals surface area contributed by atoms with E-state index >= 15 is 0 Å². The van der Waals surface area contributed by atoms with Crippen LogP contribution >= 0.6 is 35.6 Å². The van der Waals surface area contributed by atoms with E-state index in [9.17, 15) is 4.79 Å². The average molecular weight is 323 g/mol. The van der Waals surface area contributed by atoms with E-state index in [0.29, 0.717) is 21.1 Å². The van der Waals surface area contributed by atoms with E-state index in [1.165, 1.54) is 0 Å². The fraction of sp³-hybridized carbons (Fsp3) is 0.100. The molecule has 4 N–H and O–H groups in total. The van der Waals surface area contributed by atoms with Gasteiger partial charge in [0.15, 0.2) is 5.96 Å². The lowest BCUT2D eigenvalue weighted by Crippen LogP contribution is -2.24. The van der Waals surface area contributed by atoms with Crippen molar-refractivity contribution >= 4 is 58.5 Å². The zero-order valence-corrected chi connectivity index (χ0v) is 12.1. The van der Waals surface area contributed by atoms with Gasteiger partial charge in [-0.1, -0.05) is 23.2 Å².